The van der Waals surface area contributed by atoms with Crippen LogP contribution in [0.5, 0.6) is 0 Å². The average molecular weight is 1280 g/mol. The van der Waals surface area contributed by atoms with E-state index in [0.29, 0.717) is 22.3 Å². The van der Waals surface area contributed by atoms with Gasteiger partial charge in [0.2, 0.25) is 0 Å². The molecule has 0 N–H and O–H groups in total. The van der Waals surface area contributed by atoms with Crippen molar-refractivity contribution in [1.82, 2.24) is 9.13 Å². The Morgan fingerprint density at radius 3 is 0.969 bits per heavy atom. The molecule has 2 aromatic heterocycles. The molecule has 0 radical (unpaired) electrons. The molecule has 4 nitrogen and oxygen atoms in total. The molecule has 2 aliphatic heterocycles. The maximum Gasteiger partial charge on any atom is 0.0645 e. The lowest BCUT2D eigenvalue weighted by molar-refractivity contribution is 0.868. The number of rotatable bonds is 9. The molecule has 0 saturated heterocycles. The highest BCUT2D eigenvalue weighted by molar-refractivity contribution is 6.12. The third-order valence-electron chi connectivity index (χ3n) is 18.2. The molecular weight excluding hydrogens is 1170 g/mol. The van der Waals surface area contributed by atoms with Crippen LogP contribution in [0.4, 0.5) is 34.1 Å². The lowest BCUT2D eigenvalue weighted by Gasteiger charge is -2.47. The Kier molecular flexibility index (Phi) is 6.33. The molecule has 4 heteroatoms. The second kappa shape index (κ2) is 22.1. The molecule has 0 saturated carbocycles. The fourth-order valence-electron chi connectivity index (χ4n) is 14.4. The van der Waals surface area contributed by atoms with Gasteiger partial charge in [-0.15, -0.1) is 0 Å². The molecular formula is C93H62N4. The topological polar surface area (TPSA) is 16.3 Å². The molecule has 1 aliphatic carbocycles. The average Bonchev–Trinajstić information content (AvgIpc) is 1.70. The number of hydrogen-bond acceptors (Lipinski definition) is 2. The van der Waals surface area contributed by atoms with E-state index in [-0.39, 0.29) is 40.0 Å². The second-order valence-electron chi connectivity index (χ2n) is 23.1. The van der Waals surface area contributed by atoms with Gasteiger partial charge in [0, 0.05) is 72.6 Å². The van der Waals surface area contributed by atoms with E-state index < -0.39 is 388 Å². The summed E-state index contributed by atoms with van der Waals surface area (Å²) in [6.07, 6.45) is 0.221. The maximum absolute atomic E-state index is 10.6. The van der Waals surface area contributed by atoms with Gasteiger partial charge in [0.25, 0.3) is 0 Å². The van der Waals surface area contributed by atoms with Crippen molar-refractivity contribution >= 4 is 77.7 Å². The smallest absolute Gasteiger partial charge is 0.0645 e. The first-order valence-electron chi connectivity index (χ1n) is 51.4. The lowest BCUT2D eigenvalue weighted by Crippen LogP contribution is -2.31. The molecule has 454 valence electrons. The summed E-state index contributed by atoms with van der Waals surface area (Å²) in [5.41, 5.74) is -11.9. The molecule has 0 amide bonds. The van der Waals surface area contributed by atoms with Crippen molar-refractivity contribution < 1.29 is 57.6 Å². The Morgan fingerprint density at radius 2 is 0.608 bits per heavy atom. The van der Waals surface area contributed by atoms with Gasteiger partial charge in [-0.25, -0.2) is 0 Å². The molecule has 0 unspecified atom stereocenters. The van der Waals surface area contributed by atoms with Crippen LogP contribution in [-0.4, -0.2) is 9.13 Å². The van der Waals surface area contributed by atoms with Crippen LogP contribution < -0.4 is 9.80 Å². The van der Waals surface area contributed by atoms with E-state index in [1.165, 1.54) is 58.3 Å². The highest BCUT2D eigenvalue weighted by Crippen LogP contribution is 2.65. The highest BCUT2D eigenvalue weighted by Gasteiger charge is 2.45. The quantitative estimate of drug-likeness (QED) is 0.143. The van der Waals surface area contributed by atoms with Crippen LogP contribution in [0, 0.1) is 0 Å². The predicted molar refractivity (Wildman–Crippen MR) is 404 cm³/mol. The van der Waals surface area contributed by atoms with Crippen molar-refractivity contribution in [2.24, 2.45) is 0 Å². The van der Waals surface area contributed by atoms with Crippen LogP contribution in [0.25, 0.3) is 99.5 Å². The zero-order valence-electron chi connectivity index (χ0n) is 91.9. The minimum atomic E-state index is -1.74. The Labute approximate surface area is 622 Å². The fraction of sp³-hybridized carbons (Fsp3) is 0.0323. The van der Waals surface area contributed by atoms with Gasteiger partial charge in [0.15, 0.2) is 0 Å². The van der Waals surface area contributed by atoms with Crippen LogP contribution >= 0.6 is 0 Å². The lowest BCUT2D eigenvalue weighted by atomic mass is 9.71. The van der Waals surface area contributed by atoms with Crippen molar-refractivity contribution in [3.8, 4) is 55.9 Å². The summed E-state index contributed by atoms with van der Waals surface area (Å²) in [5.74, 6) is -2.96. The summed E-state index contributed by atoms with van der Waals surface area (Å²) in [4.78, 5) is 2.36. The summed E-state index contributed by atoms with van der Waals surface area (Å²) in [5, 5.41) is -1.86. The normalized spacial score (nSPS) is 19.3. The van der Waals surface area contributed by atoms with Crippen LogP contribution in [-0.2, 0) is 6.42 Å². The van der Waals surface area contributed by atoms with E-state index in [4.69, 9.17) is 11.0 Å². The van der Waals surface area contributed by atoms with Crippen molar-refractivity contribution in [2.75, 3.05) is 9.80 Å². The minimum Gasteiger partial charge on any atom is -0.309 e. The maximum atomic E-state index is 10.6. The Morgan fingerprint density at radius 1 is 0.278 bits per heavy atom. The first-order valence-corrected chi connectivity index (χ1v) is 30.4. The summed E-state index contributed by atoms with van der Waals surface area (Å²) in [6.45, 7) is 0. The van der Waals surface area contributed by atoms with E-state index in [2.05, 4.69) is 0 Å². The van der Waals surface area contributed by atoms with Gasteiger partial charge in [-0.3, -0.25) is 0 Å². The van der Waals surface area contributed by atoms with E-state index in [1.807, 2.05) is 12.1 Å². The standard InChI is InChI=1S/C93H62N4/c1-5-27-60(28-6-1)71-43-25-44-72(61-29-7-2-8-30-61)92(71)96-85-58-67(94-81-47-21-17-39-75(81)76-40-18-22-48-82(76)94)51-53-79(85)90-80-54-52-68(95-83-49-23-19-41-77(83)78-42-20-24-50-84(78)95)59-86(80)97(93-73(62-31-9-3-10-32-62)45-26-46-74(93)63-33-11-4-12-34-63)88-57-66(56-87(96)91(88)90)89-69-37-15-13-35-64(69)55-65-36-14-16-38-70(65)89/h1-54,56-59,89-90H,55H2/i1D,2D,3D,4D,5D,6D,7D,8D,9D,10D,11D,12D,17D,18D,19D,20D,21D,22D,23D,24D,25D,26D,27D,28D,29D,30D,31D,32D,33D,34D,39D,40D,41D,42D,43D,44D,45D,46D,47D,48D,49D,50D. The fourth-order valence-corrected chi connectivity index (χ4v) is 14.4. The van der Waals surface area contributed by atoms with Gasteiger partial charge in [0.05, 0.1) is 114 Å². The van der Waals surface area contributed by atoms with Gasteiger partial charge in [-0.05, 0) is 128 Å². The number of para-hydroxylation sites is 6. The second-order valence-corrected chi connectivity index (χ2v) is 23.1. The number of benzene rings is 15. The van der Waals surface area contributed by atoms with Gasteiger partial charge >= 0.3 is 0 Å². The summed E-state index contributed by atoms with van der Waals surface area (Å²) >= 11 is 0. The molecule has 20 rings (SSSR count). The summed E-state index contributed by atoms with van der Waals surface area (Å²) < 4.78 is 409. The number of fused-ring (bicyclic) bond motifs is 12. The zero-order valence-corrected chi connectivity index (χ0v) is 49.9. The number of nitrogens with zero attached hydrogens (tertiary/aromatic N) is 4. The van der Waals surface area contributed by atoms with Gasteiger partial charge in [-0.2, -0.15) is 0 Å². The molecule has 15 aromatic carbocycles. The van der Waals surface area contributed by atoms with Crippen molar-refractivity contribution in [2.45, 2.75) is 18.3 Å². The zero-order chi connectivity index (χ0) is 100. The van der Waals surface area contributed by atoms with Crippen molar-refractivity contribution in [1.29, 1.82) is 0 Å². The largest absolute Gasteiger partial charge is 0.309 e. The van der Waals surface area contributed by atoms with Gasteiger partial charge in [-0.1, -0.05) is 290 Å². The van der Waals surface area contributed by atoms with E-state index in [1.54, 1.807) is 36.4 Å². The molecule has 0 bridgehead atoms. The number of anilines is 6. The minimum absolute atomic E-state index is 0.0242. The van der Waals surface area contributed by atoms with E-state index in [0.717, 1.165) is 9.13 Å². The molecule has 0 atom stereocenters. The SMILES string of the molecule is [2H]c1c([2H])c([2H])c(-c2c([2H])c([2H])c([2H])c(-c3c([2H])c([2H])c([2H])c([2H])c3[2H])c2N2c3cc(-n4c5c([2H])c([2H])c([2H])c([2H])c5c5c([2H])c([2H])c([2H])c([2H])c54)ccc3C3c4ccc(-n5c6c([2H])c([2H])c([2H])c([2H])c6c6c([2H])c([2H])c([2H])c([2H])c65)cc4N(c4c(-c5c([2H])c([2H])c([2H])c([2H])c5[2H])c([2H])c([2H])c([2H])c4-c4c([2H])c([2H])c([2H])c([2H])c4[2H])c4cc(C5c6ccccc6Cc6ccccc65)cc2c43)c([2H])c1[2H]. The summed E-state index contributed by atoms with van der Waals surface area (Å²) in [7, 11) is 0. The molecule has 0 fully saturated rings. The van der Waals surface area contributed by atoms with Crippen LogP contribution in [0.3, 0.4) is 0 Å². The molecule has 17 aromatic rings. The molecule has 97 heavy (non-hydrogen) atoms. The summed E-state index contributed by atoms with van der Waals surface area (Å²) in [6, 6.07) is -17.6. The predicted octanol–water partition coefficient (Wildman–Crippen LogP) is 24.4. The Balaban J connectivity index is 1.11. The van der Waals surface area contributed by atoms with Crippen molar-refractivity contribution in [3.63, 3.8) is 0 Å². The third-order valence-corrected chi connectivity index (χ3v) is 18.2. The Hall–Kier alpha value is -12.5. The third kappa shape index (κ3) is 8.50. The molecule has 4 heterocycles. The Bertz CT molecular complexity index is 7720. The van der Waals surface area contributed by atoms with Crippen LogP contribution in [0.15, 0.2) is 351 Å². The number of hydrogen-bond donors (Lipinski definition) is 0. The van der Waals surface area contributed by atoms with E-state index >= 15 is 0 Å². The first kappa shape index (κ1) is 27.8. The number of aromatic nitrogens is 2. The van der Waals surface area contributed by atoms with Gasteiger partial charge in [0.1, 0.15) is 0 Å². The van der Waals surface area contributed by atoms with Crippen LogP contribution in [0.1, 0.15) is 114 Å². The highest BCUT2D eigenvalue weighted by atomic mass is 15.2. The van der Waals surface area contributed by atoms with Crippen LogP contribution in [0.2, 0.25) is 0 Å². The monoisotopic (exact) mass is 1280 g/mol. The molecule has 3 aliphatic rings. The van der Waals surface area contributed by atoms with Gasteiger partial charge < -0.3 is 18.9 Å². The van der Waals surface area contributed by atoms with Crippen molar-refractivity contribution in [3.05, 3.63) is 395 Å². The first-order chi connectivity index (χ1) is 65.6. The molecule has 0 spiro atoms. The van der Waals surface area contributed by atoms with E-state index in [9.17, 15) is 46.6 Å².